The van der Waals surface area contributed by atoms with Gasteiger partial charge < -0.3 is 20.1 Å². The topological polar surface area (TPSA) is 93.7 Å². The fourth-order valence-corrected chi connectivity index (χ4v) is 3.41. The quantitative estimate of drug-likeness (QED) is 0.393. The Balaban J connectivity index is 1.38. The van der Waals surface area contributed by atoms with Crippen molar-refractivity contribution in [2.45, 2.75) is 40.5 Å². The average Bonchev–Trinajstić information content (AvgIpc) is 2.79. The summed E-state index contributed by atoms with van der Waals surface area (Å²) in [5, 5.41) is 5.41. The van der Waals surface area contributed by atoms with Crippen molar-refractivity contribution in [3.63, 3.8) is 0 Å². The molecular weight excluding hydrogens is 444 g/mol. The van der Waals surface area contributed by atoms with Gasteiger partial charge in [-0.15, -0.1) is 0 Å². The van der Waals surface area contributed by atoms with Gasteiger partial charge in [0.2, 0.25) is 5.91 Å². The molecule has 0 atom stereocenters. The molecule has 0 aliphatic rings. The van der Waals surface area contributed by atoms with Crippen LogP contribution in [-0.4, -0.2) is 24.4 Å². The summed E-state index contributed by atoms with van der Waals surface area (Å²) < 4.78 is 10.8. The number of carbonyl (C=O) groups excluding carboxylic acids is 3. The monoisotopic (exact) mass is 474 g/mol. The Kier molecular flexibility index (Phi) is 8.62. The molecule has 7 heteroatoms. The van der Waals surface area contributed by atoms with Crippen LogP contribution in [-0.2, 0) is 19.1 Å². The van der Waals surface area contributed by atoms with Crippen molar-refractivity contribution < 1.29 is 23.9 Å². The summed E-state index contributed by atoms with van der Waals surface area (Å²) in [5.74, 6) is 0.0161. The van der Waals surface area contributed by atoms with Gasteiger partial charge in [0.25, 0.3) is 5.91 Å². The van der Waals surface area contributed by atoms with E-state index in [-0.39, 0.29) is 18.7 Å². The lowest BCUT2D eigenvalue weighted by atomic mass is 10.1. The highest BCUT2D eigenvalue weighted by atomic mass is 16.5. The zero-order valence-electron chi connectivity index (χ0n) is 20.4. The summed E-state index contributed by atoms with van der Waals surface area (Å²) in [5.41, 5.74) is 5.63. The van der Waals surface area contributed by atoms with E-state index in [1.54, 1.807) is 30.3 Å². The maximum atomic E-state index is 12.2. The molecule has 0 heterocycles. The minimum Gasteiger partial charge on any atom is -0.457 e. The minimum atomic E-state index is -0.618. The van der Waals surface area contributed by atoms with Crippen LogP contribution in [0.4, 0.5) is 11.4 Å². The molecule has 3 aromatic rings. The van der Waals surface area contributed by atoms with Gasteiger partial charge in [-0.25, -0.2) is 0 Å². The molecule has 2 N–H and O–H groups in total. The van der Waals surface area contributed by atoms with E-state index in [1.165, 1.54) is 0 Å². The Bertz CT molecular complexity index is 1200. The summed E-state index contributed by atoms with van der Waals surface area (Å²) in [6, 6.07) is 18.5. The first-order valence-electron chi connectivity index (χ1n) is 11.4. The summed E-state index contributed by atoms with van der Waals surface area (Å²) in [6.45, 7) is 7.54. The van der Waals surface area contributed by atoms with Gasteiger partial charge in [0.1, 0.15) is 11.5 Å². The van der Waals surface area contributed by atoms with Crippen LogP contribution in [0.15, 0.2) is 60.7 Å². The Hall–Kier alpha value is -4.13. The molecule has 0 fully saturated rings. The molecule has 0 saturated carbocycles. The second-order valence-corrected chi connectivity index (χ2v) is 8.51. The number of anilines is 2. The predicted molar refractivity (Wildman–Crippen MR) is 136 cm³/mol. The number of benzene rings is 3. The summed E-state index contributed by atoms with van der Waals surface area (Å²) >= 11 is 0. The van der Waals surface area contributed by atoms with E-state index in [2.05, 4.69) is 16.7 Å². The van der Waals surface area contributed by atoms with E-state index in [9.17, 15) is 14.4 Å². The van der Waals surface area contributed by atoms with Crippen molar-refractivity contribution in [2.24, 2.45) is 0 Å². The summed E-state index contributed by atoms with van der Waals surface area (Å²) in [6.07, 6.45) is -0.185. The minimum absolute atomic E-state index is 0.0571. The van der Waals surface area contributed by atoms with Crippen molar-refractivity contribution in [1.82, 2.24) is 0 Å². The predicted octanol–water partition coefficient (Wildman–Crippen LogP) is 5.61. The van der Waals surface area contributed by atoms with Crippen LogP contribution in [0.25, 0.3) is 0 Å². The number of amides is 2. The Labute approximate surface area is 205 Å². The second-order valence-electron chi connectivity index (χ2n) is 8.51. The van der Waals surface area contributed by atoms with Crippen LogP contribution in [0.1, 0.15) is 35.1 Å². The van der Waals surface area contributed by atoms with Gasteiger partial charge in [-0.05, 0) is 98.5 Å². The van der Waals surface area contributed by atoms with Crippen molar-refractivity contribution in [3.05, 3.63) is 82.9 Å². The lowest BCUT2D eigenvalue weighted by Gasteiger charge is -2.10. The highest BCUT2D eigenvalue weighted by Gasteiger charge is 2.11. The number of ether oxygens (including phenoxy) is 2. The van der Waals surface area contributed by atoms with Gasteiger partial charge in [0.05, 0.1) is 6.42 Å². The summed E-state index contributed by atoms with van der Waals surface area (Å²) in [7, 11) is 0. The van der Waals surface area contributed by atoms with Crippen LogP contribution >= 0.6 is 0 Å². The number of aryl methyl sites for hydroxylation is 4. The van der Waals surface area contributed by atoms with Crippen molar-refractivity contribution in [3.8, 4) is 11.5 Å². The molecule has 0 bridgehead atoms. The molecule has 3 aromatic carbocycles. The van der Waals surface area contributed by atoms with Gasteiger partial charge in [-0.3, -0.25) is 14.4 Å². The first kappa shape index (κ1) is 25.5. The van der Waals surface area contributed by atoms with E-state index in [1.807, 2.05) is 52.0 Å². The fraction of sp³-hybridized carbons (Fsp3) is 0.250. The first-order valence-corrected chi connectivity index (χ1v) is 11.4. The van der Waals surface area contributed by atoms with Crippen LogP contribution in [0.5, 0.6) is 11.5 Å². The van der Waals surface area contributed by atoms with Gasteiger partial charge in [0, 0.05) is 17.8 Å². The van der Waals surface area contributed by atoms with Gasteiger partial charge in [0.15, 0.2) is 6.61 Å². The van der Waals surface area contributed by atoms with Crippen molar-refractivity contribution in [1.29, 1.82) is 0 Å². The largest absolute Gasteiger partial charge is 0.457 e. The molecule has 0 spiro atoms. The number of rotatable bonds is 9. The van der Waals surface area contributed by atoms with Gasteiger partial charge in [-0.1, -0.05) is 12.1 Å². The molecule has 0 aliphatic heterocycles. The maximum absolute atomic E-state index is 12.2. The van der Waals surface area contributed by atoms with Crippen LogP contribution in [0, 0.1) is 27.7 Å². The molecular formula is C28H30N2O5. The van der Waals surface area contributed by atoms with Crippen molar-refractivity contribution in [2.75, 3.05) is 17.2 Å². The third kappa shape index (κ3) is 8.30. The standard InChI is InChI=1S/C28H30N2O5/c1-18-13-19(2)15-25(14-18)35-24-9-7-22(8-10-24)29-26(31)11-12-28(33)34-17-27(32)30-23-6-5-20(3)21(4)16-23/h5-10,13-16H,11-12,17H2,1-4H3,(H,29,31)(H,30,32). The molecule has 0 aromatic heterocycles. The average molecular weight is 475 g/mol. The molecule has 2 amide bonds. The number of hydrogen-bond donors (Lipinski definition) is 2. The van der Waals surface area contributed by atoms with E-state index in [0.29, 0.717) is 17.1 Å². The van der Waals surface area contributed by atoms with Crippen LogP contribution in [0.2, 0.25) is 0 Å². The third-order valence-corrected chi connectivity index (χ3v) is 5.28. The fourth-order valence-electron chi connectivity index (χ4n) is 3.41. The van der Waals surface area contributed by atoms with Gasteiger partial charge >= 0.3 is 5.97 Å². The lowest BCUT2D eigenvalue weighted by molar-refractivity contribution is -0.147. The number of carbonyl (C=O) groups is 3. The SMILES string of the molecule is Cc1cc(C)cc(Oc2ccc(NC(=O)CCC(=O)OCC(=O)Nc3ccc(C)c(C)c3)cc2)c1. The molecule has 35 heavy (non-hydrogen) atoms. The molecule has 0 saturated heterocycles. The molecule has 7 nitrogen and oxygen atoms in total. The number of nitrogens with one attached hydrogen (secondary N) is 2. The van der Waals surface area contributed by atoms with Crippen LogP contribution in [0.3, 0.4) is 0 Å². The van der Waals surface area contributed by atoms with Gasteiger partial charge in [-0.2, -0.15) is 0 Å². The van der Waals surface area contributed by atoms with E-state index in [4.69, 9.17) is 9.47 Å². The first-order chi connectivity index (χ1) is 16.7. The van der Waals surface area contributed by atoms with E-state index < -0.39 is 18.5 Å². The molecule has 0 radical (unpaired) electrons. The third-order valence-electron chi connectivity index (χ3n) is 5.28. The van der Waals surface area contributed by atoms with E-state index >= 15 is 0 Å². The highest BCUT2D eigenvalue weighted by molar-refractivity contribution is 5.94. The van der Waals surface area contributed by atoms with Crippen LogP contribution < -0.4 is 15.4 Å². The van der Waals surface area contributed by atoms with Crippen molar-refractivity contribution >= 4 is 29.2 Å². The molecule has 0 unspecified atom stereocenters. The maximum Gasteiger partial charge on any atom is 0.306 e. The summed E-state index contributed by atoms with van der Waals surface area (Å²) in [4.78, 5) is 36.1. The zero-order chi connectivity index (χ0) is 25.4. The normalized spacial score (nSPS) is 10.4. The molecule has 3 rings (SSSR count). The second kappa shape index (κ2) is 11.8. The Morgan fingerprint density at radius 2 is 1.29 bits per heavy atom. The molecule has 182 valence electrons. The Morgan fingerprint density at radius 3 is 1.94 bits per heavy atom. The Morgan fingerprint density at radius 1 is 0.657 bits per heavy atom. The number of hydrogen-bond acceptors (Lipinski definition) is 5. The lowest BCUT2D eigenvalue weighted by Crippen LogP contribution is -2.21. The number of esters is 1. The smallest absolute Gasteiger partial charge is 0.306 e. The van der Waals surface area contributed by atoms with E-state index in [0.717, 1.165) is 28.0 Å². The molecule has 0 aliphatic carbocycles. The highest BCUT2D eigenvalue weighted by Crippen LogP contribution is 2.25. The zero-order valence-corrected chi connectivity index (χ0v) is 20.4.